The summed E-state index contributed by atoms with van der Waals surface area (Å²) in [5.74, 6) is -0.0463. The second-order valence-electron chi connectivity index (χ2n) is 10.2. The molecule has 38 heavy (non-hydrogen) atoms. The van der Waals surface area contributed by atoms with Crippen LogP contribution in [-0.2, 0) is 13.1 Å². The van der Waals surface area contributed by atoms with Crippen LogP contribution in [0.5, 0.6) is 0 Å². The van der Waals surface area contributed by atoms with Gasteiger partial charge in [0.05, 0.1) is 4.92 Å². The molecule has 0 aromatic heterocycles. The number of benzene rings is 4. The number of nitrogens with zero attached hydrogens (tertiary/aromatic N) is 3. The molecule has 4 aromatic carbocycles. The van der Waals surface area contributed by atoms with Crippen LogP contribution < -0.4 is 0 Å². The van der Waals surface area contributed by atoms with E-state index in [1.54, 1.807) is 17.0 Å². The highest BCUT2D eigenvalue weighted by Gasteiger charge is 2.15. The Morgan fingerprint density at radius 3 is 2.18 bits per heavy atom. The van der Waals surface area contributed by atoms with Crippen LogP contribution in [0.3, 0.4) is 0 Å². The summed E-state index contributed by atoms with van der Waals surface area (Å²) in [4.78, 5) is 28.0. The van der Waals surface area contributed by atoms with E-state index in [0.717, 1.165) is 23.2 Å². The van der Waals surface area contributed by atoms with E-state index in [0.29, 0.717) is 12.1 Å². The zero-order chi connectivity index (χ0) is 26.5. The number of carbonyl (C=O) groups excluding carboxylic acids is 1. The van der Waals surface area contributed by atoms with Gasteiger partial charge < -0.3 is 4.90 Å². The number of amides is 1. The van der Waals surface area contributed by atoms with Crippen molar-refractivity contribution in [1.82, 2.24) is 9.80 Å². The lowest BCUT2D eigenvalue weighted by atomic mass is 10.0. The van der Waals surface area contributed by atoms with Crippen LogP contribution in [0.15, 0.2) is 84.9 Å². The number of nitro benzene ring substituents is 1. The minimum absolute atomic E-state index is 0.0463. The van der Waals surface area contributed by atoms with Crippen LogP contribution in [0.4, 0.5) is 5.69 Å². The molecule has 0 unspecified atom stereocenters. The molecule has 4 aromatic rings. The third kappa shape index (κ3) is 5.92. The highest BCUT2D eigenvalue weighted by Crippen LogP contribution is 2.25. The first-order chi connectivity index (χ1) is 18.5. The molecule has 0 atom stereocenters. The van der Waals surface area contributed by atoms with E-state index in [1.807, 2.05) is 31.3 Å². The minimum Gasteiger partial charge on any atom is -0.337 e. The summed E-state index contributed by atoms with van der Waals surface area (Å²) in [5, 5.41) is 13.3. The lowest BCUT2D eigenvalue weighted by molar-refractivity contribution is -0.384. The van der Waals surface area contributed by atoms with Crippen LogP contribution in [0.2, 0.25) is 0 Å². The molecule has 1 fully saturated rings. The Labute approximate surface area is 223 Å². The van der Waals surface area contributed by atoms with Crippen molar-refractivity contribution in [2.24, 2.45) is 0 Å². The van der Waals surface area contributed by atoms with E-state index < -0.39 is 4.92 Å². The average Bonchev–Trinajstić information content (AvgIpc) is 3.21. The van der Waals surface area contributed by atoms with Crippen LogP contribution in [-0.4, -0.2) is 40.8 Å². The number of carbonyl (C=O) groups is 1. The zero-order valence-electron chi connectivity index (χ0n) is 21.8. The van der Waals surface area contributed by atoms with Crippen molar-refractivity contribution in [3.8, 4) is 11.1 Å². The number of nitro groups is 1. The van der Waals surface area contributed by atoms with Gasteiger partial charge in [-0.3, -0.25) is 19.8 Å². The van der Waals surface area contributed by atoms with E-state index >= 15 is 0 Å². The molecule has 0 radical (unpaired) electrons. The first-order valence-electron chi connectivity index (χ1n) is 13.3. The van der Waals surface area contributed by atoms with Crippen LogP contribution in [0.25, 0.3) is 21.9 Å². The Morgan fingerprint density at radius 2 is 1.53 bits per heavy atom. The number of likely N-dealkylation sites (tertiary alicyclic amines) is 1. The van der Waals surface area contributed by atoms with E-state index in [9.17, 15) is 14.9 Å². The Morgan fingerprint density at radius 1 is 0.868 bits per heavy atom. The smallest absolute Gasteiger partial charge is 0.269 e. The topological polar surface area (TPSA) is 66.7 Å². The van der Waals surface area contributed by atoms with Crippen molar-refractivity contribution in [2.75, 3.05) is 20.1 Å². The van der Waals surface area contributed by atoms with Gasteiger partial charge in [0.15, 0.2) is 0 Å². The van der Waals surface area contributed by atoms with Crippen molar-refractivity contribution in [1.29, 1.82) is 0 Å². The van der Waals surface area contributed by atoms with Crippen LogP contribution >= 0.6 is 0 Å². The Bertz CT molecular complexity index is 1420. The maximum atomic E-state index is 13.2. The SMILES string of the molecule is CN(Cc1cccc2cc(CN3CCCCCC3)ccc12)C(=O)c1ccc(-c2ccc([N+](=O)[O-])cc2)cc1. The van der Waals surface area contributed by atoms with Gasteiger partial charge in [-0.05, 0) is 89.3 Å². The first-order valence-corrected chi connectivity index (χ1v) is 13.3. The lowest BCUT2D eigenvalue weighted by Crippen LogP contribution is -2.26. The van der Waals surface area contributed by atoms with Crippen molar-refractivity contribution < 1.29 is 9.72 Å². The fraction of sp³-hybridized carbons (Fsp3) is 0.281. The normalized spacial score (nSPS) is 14.2. The third-order valence-electron chi connectivity index (χ3n) is 7.44. The van der Waals surface area contributed by atoms with Gasteiger partial charge in [0, 0.05) is 37.8 Å². The molecule has 0 spiro atoms. The summed E-state index contributed by atoms with van der Waals surface area (Å²) in [5.41, 5.74) is 4.91. The van der Waals surface area contributed by atoms with Gasteiger partial charge in [0.25, 0.3) is 11.6 Å². The molecular weight excluding hydrogens is 474 g/mol. The van der Waals surface area contributed by atoms with E-state index in [-0.39, 0.29) is 11.6 Å². The van der Waals surface area contributed by atoms with Gasteiger partial charge in [0.2, 0.25) is 0 Å². The maximum Gasteiger partial charge on any atom is 0.269 e. The molecule has 5 rings (SSSR count). The molecule has 0 saturated carbocycles. The zero-order valence-corrected chi connectivity index (χ0v) is 21.8. The van der Waals surface area contributed by atoms with E-state index in [1.165, 1.54) is 67.2 Å². The van der Waals surface area contributed by atoms with E-state index in [4.69, 9.17) is 0 Å². The molecule has 6 nitrogen and oxygen atoms in total. The van der Waals surface area contributed by atoms with Crippen LogP contribution in [0, 0.1) is 10.1 Å². The molecule has 6 heteroatoms. The molecule has 0 N–H and O–H groups in total. The molecule has 0 bridgehead atoms. The number of non-ortho nitro benzene ring substituents is 1. The molecule has 0 aliphatic carbocycles. The molecule has 1 saturated heterocycles. The number of rotatable bonds is 7. The molecule has 1 aliphatic rings. The highest BCUT2D eigenvalue weighted by molar-refractivity contribution is 5.95. The lowest BCUT2D eigenvalue weighted by Gasteiger charge is -2.21. The number of fused-ring (bicyclic) bond motifs is 1. The number of hydrogen-bond acceptors (Lipinski definition) is 4. The molecular formula is C32H33N3O3. The maximum absolute atomic E-state index is 13.2. The summed E-state index contributed by atoms with van der Waals surface area (Å²) >= 11 is 0. The monoisotopic (exact) mass is 507 g/mol. The quantitative estimate of drug-likeness (QED) is 0.198. The van der Waals surface area contributed by atoms with Crippen molar-refractivity contribution in [3.05, 3.63) is 112 Å². The first kappa shape index (κ1) is 25.6. The molecule has 1 amide bonds. The standard InChI is InChI=1S/C32H33N3O3/c1-33(32(36)27-12-10-25(11-13-27)26-14-16-30(17-15-26)35(37)38)23-29-8-6-7-28-21-24(9-18-31(28)29)22-34-19-4-2-3-5-20-34/h6-18,21H,2-5,19-20,22-23H2,1H3. The average molecular weight is 508 g/mol. The molecule has 194 valence electrons. The summed E-state index contributed by atoms with van der Waals surface area (Å²) in [6.07, 6.45) is 5.26. The predicted molar refractivity (Wildman–Crippen MR) is 152 cm³/mol. The summed E-state index contributed by atoms with van der Waals surface area (Å²) < 4.78 is 0. The van der Waals surface area contributed by atoms with Gasteiger partial charge in [-0.2, -0.15) is 0 Å². The Balaban J connectivity index is 1.27. The van der Waals surface area contributed by atoms with E-state index in [2.05, 4.69) is 41.3 Å². The van der Waals surface area contributed by atoms with Gasteiger partial charge >= 0.3 is 0 Å². The van der Waals surface area contributed by atoms with Gasteiger partial charge in [0.1, 0.15) is 0 Å². The molecule has 1 aliphatic heterocycles. The van der Waals surface area contributed by atoms with Crippen molar-refractivity contribution in [2.45, 2.75) is 38.8 Å². The predicted octanol–water partition coefficient (Wildman–Crippen LogP) is 7.06. The fourth-order valence-corrected chi connectivity index (χ4v) is 5.32. The fourth-order valence-electron chi connectivity index (χ4n) is 5.32. The van der Waals surface area contributed by atoms with Crippen LogP contribution in [0.1, 0.15) is 47.2 Å². The largest absolute Gasteiger partial charge is 0.337 e. The Hall–Kier alpha value is -4.03. The highest BCUT2D eigenvalue weighted by atomic mass is 16.6. The number of hydrogen-bond donors (Lipinski definition) is 0. The van der Waals surface area contributed by atoms with Gasteiger partial charge in [-0.15, -0.1) is 0 Å². The van der Waals surface area contributed by atoms with Gasteiger partial charge in [-0.25, -0.2) is 0 Å². The third-order valence-corrected chi connectivity index (χ3v) is 7.44. The summed E-state index contributed by atoms with van der Waals surface area (Å²) in [6, 6.07) is 26.9. The summed E-state index contributed by atoms with van der Waals surface area (Å²) in [7, 11) is 1.83. The second-order valence-corrected chi connectivity index (χ2v) is 10.2. The molecule has 1 heterocycles. The Kier molecular flexibility index (Phi) is 7.80. The minimum atomic E-state index is -0.410. The summed E-state index contributed by atoms with van der Waals surface area (Å²) in [6.45, 7) is 3.87. The van der Waals surface area contributed by atoms with Crippen molar-refractivity contribution in [3.63, 3.8) is 0 Å². The van der Waals surface area contributed by atoms with Crippen molar-refractivity contribution >= 4 is 22.4 Å². The van der Waals surface area contributed by atoms with Gasteiger partial charge in [-0.1, -0.05) is 55.3 Å². The second kappa shape index (κ2) is 11.6.